The van der Waals surface area contributed by atoms with E-state index in [0.717, 1.165) is 24.4 Å². The van der Waals surface area contributed by atoms with Gasteiger partial charge in [-0.15, -0.1) is 10.2 Å². The third-order valence-electron chi connectivity index (χ3n) is 4.28. The molecule has 0 N–H and O–H groups in total. The van der Waals surface area contributed by atoms with Gasteiger partial charge >= 0.3 is 0 Å². The second-order valence-corrected chi connectivity index (χ2v) is 7.21. The van der Waals surface area contributed by atoms with Crippen LogP contribution >= 0.6 is 11.8 Å². The summed E-state index contributed by atoms with van der Waals surface area (Å²) < 4.78 is 2.03. The van der Waals surface area contributed by atoms with Crippen molar-refractivity contribution in [3.63, 3.8) is 0 Å². The predicted octanol–water partition coefficient (Wildman–Crippen LogP) is 2.89. The number of hydrogen-bond donors (Lipinski definition) is 0. The van der Waals surface area contributed by atoms with E-state index >= 15 is 0 Å². The van der Waals surface area contributed by atoms with Crippen LogP contribution in [0.2, 0.25) is 0 Å². The molecule has 1 aromatic heterocycles. The van der Waals surface area contributed by atoms with Gasteiger partial charge in [-0.3, -0.25) is 9.36 Å². The van der Waals surface area contributed by atoms with Gasteiger partial charge in [0.15, 0.2) is 5.16 Å². The van der Waals surface area contributed by atoms with Crippen LogP contribution in [-0.2, 0) is 4.79 Å². The van der Waals surface area contributed by atoms with E-state index in [-0.39, 0.29) is 24.5 Å². The third-order valence-corrected chi connectivity index (χ3v) is 5.19. The fourth-order valence-electron chi connectivity index (χ4n) is 2.75. The molecule has 7 nitrogen and oxygen atoms in total. The highest BCUT2D eigenvalue weighted by atomic mass is 32.2. The monoisotopic (exact) mass is 380 g/mol. The molecule has 0 saturated heterocycles. The molecule has 0 bridgehead atoms. The summed E-state index contributed by atoms with van der Waals surface area (Å²) in [5, 5.41) is 26.9. The van der Waals surface area contributed by atoms with Crippen LogP contribution in [0.25, 0.3) is 5.69 Å². The zero-order chi connectivity index (χ0) is 19.1. The van der Waals surface area contributed by atoms with Crippen molar-refractivity contribution in [2.45, 2.75) is 36.8 Å². The summed E-state index contributed by atoms with van der Waals surface area (Å²) >= 11 is 1.34. The Morgan fingerprint density at radius 1 is 1.15 bits per heavy atom. The van der Waals surface area contributed by atoms with Gasteiger partial charge in [-0.05, 0) is 25.0 Å². The van der Waals surface area contributed by atoms with E-state index in [4.69, 9.17) is 10.5 Å². The number of hydrogen-bond acceptors (Lipinski definition) is 6. The maximum Gasteiger partial charge on any atom is 0.233 e. The Bertz CT molecular complexity index is 845. The first-order valence-electron chi connectivity index (χ1n) is 8.89. The van der Waals surface area contributed by atoms with Crippen molar-refractivity contribution in [2.24, 2.45) is 0 Å². The van der Waals surface area contributed by atoms with E-state index in [1.165, 1.54) is 11.8 Å². The van der Waals surface area contributed by atoms with Crippen LogP contribution in [-0.4, -0.2) is 44.4 Å². The van der Waals surface area contributed by atoms with E-state index in [9.17, 15) is 4.79 Å². The highest BCUT2D eigenvalue weighted by Crippen LogP contribution is 2.41. The Morgan fingerprint density at radius 2 is 1.81 bits per heavy atom. The van der Waals surface area contributed by atoms with E-state index in [1.54, 1.807) is 4.90 Å². The first-order chi connectivity index (χ1) is 13.2. The summed E-state index contributed by atoms with van der Waals surface area (Å²) in [5.41, 5.74) is 0.991. The number of amides is 1. The van der Waals surface area contributed by atoms with E-state index in [0.29, 0.717) is 24.2 Å². The molecule has 1 amide bonds. The molecule has 1 aromatic carbocycles. The maximum atomic E-state index is 12.6. The molecule has 2 aromatic rings. The van der Waals surface area contributed by atoms with Crippen LogP contribution in [0.1, 0.15) is 37.4 Å². The largest absolute Gasteiger partial charge is 0.340 e. The molecule has 3 rings (SSSR count). The highest BCUT2D eigenvalue weighted by Gasteiger charge is 2.31. The standard InChI is InChI=1S/C19H20N6OS/c20-10-4-12-24(13-5-11-21)17(26)14-27-19-23-22-18(15-8-9-15)25(19)16-6-2-1-3-7-16/h1-3,6-7,15H,4-5,8-9,12-14H2. The number of carbonyl (C=O) groups excluding carboxylic acids is 1. The first-order valence-corrected chi connectivity index (χ1v) is 9.88. The Kier molecular flexibility index (Phi) is 6.45. The normalized spacial score (nSPS) is 13.0. The molecule has 0 unspecified atom stereocenters. The number of aromatic nitrogens is 3. The zero-order valence-electron chi connectivity index (χ0n) is 14.9. The van der Waals surface area contributed by atoms with Crippen LogP contribution < -0.4 is 0 Å². The van der Waals surface area contributed by atoms with Gasteiger partial charge in [-0.1, -0.05) is 30.0 Å². The number of benzene rings is 1. The highest BCUT2D eigenvalue weighted by molar-refractivity contribution is 7.99. The van der Waals surface area contributed by atoms with Gasteiger partial charge in [-0.25, -0.2) is 0 Å². The van der Waals surface area contributed by atoms with Crippen molar-refractivity contribution in [2.75, 3.05) is 18.8 Å². The van der Waals surface area contributed by atoms with Crippen molar-refractivity contribution in [1.29, 1.82) is 10.5 Å². The molecule has 138 valence electrons. The topological polar surface area (TPSA) is 98.6 Å². The quantitative estimate of drug-likeness (QED) is 0.620. The minimum atomic E-state index is -0.0962. The van der Waals surface area contributed by atoms with Gasteiger partial charge in [0.1, 0.15) is 5.82 Å². The Hall–Kier alpha value is -2.84. The predicted molar refractivity (Wildman–Crippen MR) is 101 cm³/mol. The molecule has 1 fully saturated rings. The minimum absolute atomic E-state index is 0.0962. The van der Waals surface area contributed by atoms with Gasteiger partial charge in [0.2, 0.25) is 5.91 Å². The van der Waals surface area contributed by atoms with Crippen LogP contribution in [0.4, 0.5) is 0 Å². The van der Waals surface area contributed by atoms with Crippen molar-refractivity contribution < 1.29 is 4.79 Å². The Labute approximate surface area is 162 Å². The SMILES string of the molecule is N#CCCN(CCC#N)C(=O)CSc1nnc(C2CC2)n1-c1ccccc1. The van der Waals surface area contributed by atoms with E-state index < -0.39 is 0 Å². The Balaban J connectivity index is 1.73. The minimum Gasteiger partial charge on any atom is -0.340 e. The molecule has 27 heavy (non-hydrogen) atoms. The number of para-hydroxylation sites is 1. The average molecular weight is 380 g/mol. The van der Waals surface area contributed by atoms with Crippen molar-refractivity contribution in [3.05, 3.63) is 36.2 Å². The summed E-state index contributed by atoms with van der Waals surface area (Å²) in [6.07, 6.45) is 2.75. The van der Waals surface area contributed by atoms with E-state index in [1.807, 2.05) is 47.0 Å². The number of rotatable bonds is 9. The fourth-order valence-corrected chi connectivity index (χ4v) is 3.61. The van der Waals surface area contributed by atoms with Crippen LogP contribution in [0.3, 0.4) is 0 Å². The van der Waals surface area contributed by atoms with E-state index in [2.05, 4.69) is 10.2 Å². The van der Waals surface area contributed by atoms with Crippen molar-refractivity contribution in [1.82, 2.24) is 19.7 Å². The molecule has 0 radical (unpaired) electrons. The Morgan fingerprint density at radius 3 is 2.41 bits per heavy atom. The molecule has 0 aliphatic heterocycles. The maximum absolute atomic E-state index is 12.6. The molecule has 1 heterocycles. The van der Waals surface area contributed by atoms with Crippen LogP contribution in [0, 0.1) is 22.7 Å². The second kappa shape index (κ2) is 9.20. The first kappa shape index (κ1) is 18.9. The molecule has 1 saturated carbocycles. The number of carbonyl (C=O) groups is 1. The average Bonchev–Trinajstić information content (AvgIpc) is 3.46. The lowest BCUT2D eigenvalue weighted by molar-refractivity contribution is -0.128. The summed E-state index contributed by atoms with van der Waals surface area (Å²) in [7, 11) is 0. The molecule has 0 atom stereocenters. The smallest absolute Gasteiger partial charge is 0.233 e. The van der Waals surface area contributed by atoms with Gasteiger partial charge in [-0.2, -0.15) is 10.5 Å². The fraction of sp³-hybridized carbons (Fsp3) is 0.421. The molecule has 0 spiro atoms. The lowest BCUT2D eigenvalue weighted by Gasteiger charge is -2.20. The third kappa shape index (κ3) is 4.87. The lowest BCUT2D eigenvalue weighted by Crippen LogP contribution is -2.34. The van der Waals surface area contributed by atoms with Gasteiger partial charge in [0.05, 0.1) is 30.7 Å². The summed E-state index contributed by atoms with van der Waals surface area (Å²) in [5.74, 6) is 1.49. The van der Waals surface area contributed by atoms with Gasteiger partial charge < -0.3 is 4.90 Å². The van der Waals surface area contributed by atoms with Crippen molar-refractivity contribution in [3.8, 4) is 17.8 Å². The van der Waals surface area contributed by atoms with Crippen molar-refractivity contribution >= 4 is 17.7 Å². The number of nitrogens with zero attached hydrogens (tertiary/aromatic N) is 6. The lowest BCUT2D eigenvalue weighted by atomic mass is 10.3. The summed E-state index contributed by atoms with van der Waals surface area (Å²) in [6, 6.07) is 14.0. The van der Waals surface area contributed by atoms with Crippen LogP contribution in [0.15, 0.2) is 35.5 Å². The molecule has 8 heteroatoms. The molecule has 1 aliphatic carbocycles. The molecular weight excluding hydrogens is 360 g/mol. The number of thioether (sulfide) groups is 1. The number of nitriles is 2. The molecule has 1 aliphatic rings. The second-order valence-electron chi connectivity index (χ2n) is 6.27. The van der Waals surface area contributed by atoms with Gasteiger partial charge in [0.25, 0.3) is 0 Å². The zero-order valence-corrected chi connectivity index (χ0v) is 15.7. The van der Waals surface area contributed by atoms with Gasteiger partial charge in [0, 0.05) is 24.7 Å². The van der Waals surface area contributed by atoms with Crippen LogP contribution in [0.5, 0.6) is 0 Å². The summed E-state index contributed by atoms with van der Waals surface area (Å²) in [4.78, 5) is 14.1. The molecular formula is C19H20N6OS. The summed E-state index contributed by atoms with van der Waals surface area (Å²) in [6.45, 7) is 0.687.